The zero-order valence-corrected chi connectivity index (χ0v) is 11.8. The van der Waals surface area contributed by atoms with Crippen molar-refractivity contribution in [2.75, 3.05) is 0 Å². The Balaban J connectivity index is 1.49. The first-order valence-electron chi connectivity index (χ1n) is 7.18. The second-order valence-corrected chi connectivity index (χ2v) is 5.06. The molecule has 0 fully saturated rings. The Morgan fingerprint density at radius 2 is 2.10 bits per heavy atom. The van der Waals surface area contributed by atoms with Crippen molar-refractivity contribution in [2.24, 2.45) is 0 Å². The highest BCUT2D eigenvalue weighted by Gasteiger charge is 2.16. The van der Waals surface area contributed by atoms with E-state index in [1.54, 1.807) is 0 Å². The summed E-state index contributed by atoms with van der Waals surface area (Å²) in [6, 6.07) is 9.60. The fraction of sp³-hybridized carbons (Fsp3) is 0.400. The quantitative estimate of drug-likeness (QED) is 0.934. The summed E-state index contributed by atoms with van der Waals surface area (Å²) in [5.74, 6) is 1.80. The van der Waals surface area contributed by atoms with Crippen LogP contribution in [0.1, 0.15) is 30.1 Å². The highest BCUT2D eigenvalue weighted by molar-refractivity contribution is 5.67. The molecule has 0 bridgehead atoms. The largest absolute Gasteiger partial charge is 0.445 e. The van der Waals surface area contributed by atoms with Crippen LogP contribution in [0, 0.1) is 0 Å². The van der Waals surface area contributed by atoms with Crippen LogP contribution in [0.25, 0.3) is 0 Å². The molecular formula is C15H18N4O2. The van der Waals surface area contributed by atoms with Crippen LogP contribution in [0.4, 0.5) is 4.79 Å². The number of nitrogens with zero attached hydrogens (tertiary/aromatic N) is 3. The van der Waals surface area contributed by atoms with Crippen molar-refractivity contribution in [1.29, 1.82) is 0 Å². The molecule has 110 valence electrons. The van der Waals surface area contributed by atoms with Gasteiger partial charge in [-0.3, -0.25) is 0 Å². The van der Waals surface area contributed by atoms with Crippen LogP contribution < -0.4 is 5.32 Å². The monoisotopic (exact) mass is 286 g/mol. The second kappa shape index (κ2) is 6.39. The van der Waals surface area contributed by atoms with Crippen LogP contribution >= 0.6 is 0 Å². The highest BCUT2D eigenvalue weighted by Crippen LogP contribution is 2.13. The molecular weight excluding hydrogens is 268 g/mol. The summed E-state index contributed by atoms with van der Waals surface area (Å²) in [6.07, 6.45) is 2.82. The highest BCUT2D eigenvalue weighted by atomic mass is 16.5. The van der Waals surface area contributed by atoms with E-state index in [0.29, 0.717) is 6.54 Å². The minimum atomic E-state index is -0.438. The third-order valence-electron chi connectivity index (χ3n) is 3.54. The van der Waals surface area contributed by atoms with Gasteiger partial charge < -0.3 is 14.6 Å². The molecule has 0 unspecified atom stereocenters. The fourth-order valence-corrected chi connectivity index (χ4v) is 2.42. The smallest absolute Gasteiger partial charge is 0.407 e. The van der Waals surface area contributed by atoms with Gasteiger partial charge in [0.15, 0.2) is 5.82 Å². The Morgan fingerprint density at radius 1 is 1.24 bits per heavy atom. The maximum Gasteiger partial charge on any atom is 0.407 e. The summed E-state index contributed by atoms with van der Waals surface area (Å²) in [6.45, 7) is 1.55. The lowest BCUT2D eigenvalue weighted by Crippen LogP contribution is -2.26. The molecule has 0 atom stereocenters. The molecule has 21 heavy (non-hydrogen) atoms. The van der Waals surface area contributed by atoms with Gasteiger partial charge >= 0.3 is 6.09 Å². The molecule has 1 aliphatic heterocycles. The van der Waals surface area contributed by atoms with E-state index < -0.39 is 6.09 Å². The average molecular weight is 286 g/mol. The maximum absolute atomic E-state index is 11.7. The number of hydrogen-bond donors (Lipinski definition) is 1. The number of rotatable bonds is 4. The molecule has 0 saturated carbocycles. The van der Waals surface area contributed by atoms with Crippen LogP contribution in [0.15, 0.2) is 30.3 Å². The van der Waals surface area contributed by atoms with Crippen LogP contribution in [0.3, 0.4) is 0 Å². The molecule has 0 spiro atoms. The van der Waals surface area contributed by atoms with E-state index in [0.717, 1.165) is 43.0 Å². The molecule has 1 aromatic heterocycles. The number of ether oxygens (including phenoxy) is 1. The SMILES string of the molecule is O=C(NCc1nnc2n1CCCC2)OCc1ccccc1. The standard InChI is InChI=1S/C15H18N4O2/c20-15(21-11-12-6-2-1-3-7-12)16-10-14-18-17-13-8-4-5-9-19(13)14/h1-3,6-7H,4-5,8-11H2,(H,16,20). The number of aromatic nitrogens is 3. The van der Waals surface area contributed by atoms with Gasteiger partial charge in [0, 0.05) is 13.0 Å². The van der Waals surface area contributed by atoms with Crippen molar-refractivity contribution < 1.29 is 9.53 Å². The van der Waals surface area contributed by atoms with Gasteiger partial charge in [0.25, 0.3) is 0 Å². The fourth-order valence-electron chi connectivity index (χ4n) is 2.42. The molecule has 0 saturated heterocycles. The Hall–Kier alpha value is -2.37. The zero-order chi connectivity index (χ0) is 14.5. The van der Waals surface area contributed by atoms with Gasteiger partial charge in [-0.2, -0.15) is 0 Å². The van der Waals surface area contributed by atoms with E-state index in [-0.39, 0.29) is 6.61 Å². The van der Waals surface area contributed by atoms with E-state index in [1.165, 1.54) is 0 Å². The first-order valence-corrected chi connectivity index (χ1v) is 7.18. The Labute approximate surface area is 123 Å². The van der Waals surface area contributed by atoms with E-state index in [9.17, 15) is 4.79 Å². The van der Waals surface area contributed by atoms with E-state index in [4.69, 9.17) is 4.74 Å². The number of alkyl carbamates (subject to hydrolysis) is 1. The molecule has 2 aromatic rings. The van der Waals surface area contributed by atoms with Crippen molar-refractivity contribution in [3.63, 3.8) is 0 Å². The lowest BCUT2D eigenvalue weighted by molar-refractivity contribution is 0.138. The van der Waals surface area contributed by atoms with E-state index >= 15 is 0 Å². The summed E-state index contributed by atoms with van der Waals surface area (Å²) in [5, 5.41) is 11.0. The molecule has 2 heterocycles. The summed E-state index contributed by atoms with van der Waals surface area (Å²) >= 11 is 0. The van der Waals surface area contributed by atoms with Gasteiger partial charge in [-0.25, -0.2) is 4.79 Å². The Kier molecular flexibility index (Phi) is 4.14. The predicted octanol–water partition coefficient (Wildman–Crippen LogP) is 2.04. The number of benzene rings is 1. The molecule has 1 aromatic carbocycles. The van der Waals surface area contributed by atoms with Gasteiger partial charge in [0.05, 0.1) is 6.54 Å². The summed E-state index contributed by atoms with van der Waals surface area (Å²) < 4.78 is 7.25. The molecule has 0 aliphatic carbocycles. The van der Waals surface area contributed by atoms with Crippen molar-refractivity contribution in [3.8, 4) is 0 Å². The number of nitrogens with one attached hydrogen (secondary N) is 1. The van der Waals surface area contributed by atoms with Crippen LogP contribution in [-0.4, -0.2) is 20.9 Å². The molecule has 6 heteroatoms. The van der Waals surface area contributed by atoms with E-state index in [2.05, 4.69) is 20.1 Å². The van der Waals surface area contributed by atoms with Crippen LogP contribution in [-0.2, 0) is 30.9 Å². The van der Waals surface area contributed by atoms with E-state index in [1.807, 2.05) is 30.3 Å². The van der Waals surface area contributed by atoms with Crippen molar-refractivity contribution in [3.05, 3.63) is 47.5 Å². The molecule has 3 rings (SSSR count). The summed E-state index contributed by atoms with van der Waals surface area (Å²) in [7, 11) is 0. The first-order chi connectivity index (χ1) is 10.3. The normalized spacial score (nSPS) is 13.5. The zero-order valence-electron chi connectivity index (χ0n) is 11.8. The average Bonchev–Trinajstić information content (AvgIpc) is 2.95. The molecule has 1 aliphatic rings. The first kappa shape index (κ1) is 13.6. The lowest BCUT2D eigenvalue weighted by atomic mass is 10.2. The van der Waals surface area contributed by atoms with Crippen LogP contribution in [0.2, 0.25) is 0 Å². The summed E-state index contributed by atoms with van der Waals surface area (Å²) in [4.78, 5) is 11.7. The number of aryl methyl sites for hydroxylation is 1. The predicted molar refractivity (Wildman–Crippen MR) is 76.4 cm³/mol. The van der Waals surface area contributed by atoms with Gasteiger partial charge in [-0.15, -0.1) is 10.2 Å². The van der Waals surface area contributed by atoms with Crippen LogP contribution in [0.5, 0.6) is 0 Å². The molecule has 1 N–H and O–H groups in total. The van der Waals surface area contributed by atoms with Gasteiger partial charge in [-0.1, -0.05) is 30.3 Å². The van der Waals surface area contributed by atoms with Crippen molar-refractivity contribution >= 4 is 6.09 Å². The third kappa shape index (κ3) is 3.39. The molecule has 1 amide bonds. The molecule has 0 radical (unpaired) electrons. The maximum atomic E-state index is 11.7. The number of fused-ring (bicyclic) bond motifs is 1. The Bertz CT molecular complexity index is 609. The number of carbonyl (C=O) groups is 1. The third-order valence-corrected chi connectivity index (χ3v) is 3.54. The lowest BCUT2D eigenvalue weighted by Gasteiger charge is -2.14. The van der Waals surface area contributed by atoms with Gasteiger partial charge in [-0.05, 0) is 18.4 Å². The van der Waals surface area contributed by atoms with Gasteiger partial charge in [0.2, 0.25) is 0 Å². The van der Waals surface area contributed by atoms with Gasteiger partial charge in [0.1, 0.15) is 12.4 Å². The topological polar surface area (TPSA) is 69.0 Å². The number of amides is 1. The minimum Gasteiger partial charge on any atom is -0.445 e. The molecule has 6 nitrogen and oxygen atoms in total. The van der Waals surface area contributed by atoms with Crippen molar-refractivity contribution in [1.82, 2.24) is 20.1 Å². The minimum absolute atomic E-state index is 0.268. The second-order valence-electron chi connectivity index (χ2n) is 5.06. The summed E-state index contributed by atoms with van der Waals surface area (Å²) in [5.41, 5.74) is 0.965. The number of carbonyl (C=O) groups excluding carboxylic acids is 1. The Morgan fingerprint density at radius 3 is 2.95 bits per heavy atom. The van der Waals surface area contributed by atoms with Crippen molar-refractivity contribution in [2.45, 2.75) is 39.0 Å². The number of hydrogen-bond acceptors (Lipinski definition) is 4.